The van der Waals surface area contributed by atoms with Crippen LogP contribution < -0.4 is 0 Å². The average Bonchev–Trinajstić information content (AvgIpc) is 2.34. The third-order valence-corrected chi connectivity index (χ3v) is 4.30. The molecule has 0 spiro atoms. The van der Waals surface area contributed by atoms with E-state index in [9.17, 15) is 0 Å². The lowest BCUT2D eigenvalue weighted by atomic mass is 9.91. The monoisotopic (exact) mass is 266 g/mol. The van der Waals surface area contributed by atoms with Crippen LogP contribution in [0.5, 0.6) is 0 Å². The normalized spacial score (nSPS) is 34.6. The van der Waals surface area contributed by atoms with Gasteiger partial charge in [0.15, 0.2) is 0 Å². The molecule has 0 radical (unpaired) electrons. The van der Waals surface area contributed by atoms with E-state index in [1.54, 1.807) is 0 Å². The van der Waals surface area contributed by atoms with Crippen molar-refractivity contribution in [2.24, 2.45) is 0 Å². The average molecular weight is 266 g/mol. The molecule has 108 valence electrons. The van der Waals surface area contributed by atoms with Crippen molar-refractivity contribution in [1.82, 2.24) is 0 Å². The minimum Gasteiger partial charge on any atom is -0.373 e. The first-order valence-electron chi connectivity index (χ1n) is 7.45. The molecule has 0 N–H and O–H groups in total. The molecule has 0 amide bonds. The second-order valence-electron chi connectivity index (χ2n) is 5.38. The number of hydrogen-bond acceptors (Lipinski definition) is 3. The van der Waals surface area contributed by atoms with E-state index in [0.717, 1.165) is 38.9 Å². The maximum absolute atomic E-state index is 5.60. The first kappa shape index (κ1) is 14.8. The van der Waals surface area contributed by atoms with E-state index in [-0.39, 0.29) is 11.2 Å². The lowest BCUT2D eigenvalue weighted by Crippen LogP contribution is -2.41. The Morgan fingerprint density at radius 3 is 1.58 bits per heavy atom. The van der Waals surface area contributed by atoms with Crippen LogP contribution in [0.4, 0.5) is 0 Å². The lowest BCUT2D eigenvalue weighted by Gasteiger charge is -2.38. The molecule has 0 aromatic rings. The van der Waals surface area contributed by atoms with Gasteiger partial charge in [-0.3, -0.25) is 0 Å². The standard InChI is InChI=1S/C16H26O3/c1-3-15(9-13-18-15)7-5-11-17-12-6-8-16(4-2)10-14-19-16/h5-8H,3-4,9-14H2,1-2H3. The van der Waals surface area contributed by atoms with Crippen LogP contribution >= 0.6 is 0 Å². The Labute approximate surface area is 116 Å². The Morgan fingerprint density at radius 2 is 1.32 bits per heavy atom. The van der Waals surface area contributed by atoms with Crippen molar-refractivity contribution < 1.29 is 14.2 Å². The third kappa shape index (κ3) is 3.68. The maximum atomic E-state index is 5.60. The first-order chi connectivity index (χ1) is 9.24. The van der Waals surface area contributed by atoms with Gasteiger partial charge in [-0.1, -0.05) is 38.2 Å². The largest absolute Gasteiger partial charge is 0.373 e. The maximum Gasteiger partial charge on any atom is 0.0882 e. The fourth-order valence-corrected chi connectivity index (χ4v) is 2.51. The number of hydrogen-bond donors (Lipinski definition) is 0. The molecule has 2 saturated heterocycles. The summed E-state index contributed by atoms with van der Waals surface area (Å²) in [5.41, 5.74) is 0.0104. The van der Waals surface area contributed by atoms with Crippen LogP contribution in [0.2, 0.25) is 0 Å². The minimum absolute atomic E-state index is 0.00520. The summed E-state index contributed by atoms with van der Waals surface area (Å²) >= 11 is 0. The van der Waals surface area contributed by atoms with Gasteiger partial charge in [0.1, 0.15) is 0 Å². The van der Waals surface area contributed by atoms with Crippen molar-refractivity contribution in [1.29, 1.82) is 0 Å². The summed E-state index contributed by atoms with van der Waals surface area (Å²) < 4.78 is 16.8. The SMILES string of the molecule is CCC1(C=CCOCC=CC2(CC)CCO2)CCO1. The highest BCUT2D eigenvalue weighted by Gasteiger charge is 2.34. The third-order valence-electron chi connectivity index (χ3n) is 4.30. The number of ether oxygens (including phenoxy) is 3. The molecule has 0 bridgehead atoms. The van der Waals surface area contributed by atoms with Crippen molar-refractivity contribution in [2.45, 2.75) is 50.7 Å². The van der Waals surface area contributed by atoms with E-state index in [0.29, 0.717) is 13.2 Å². The lowest BCUT2D eigenvalue weighted by molar-refractivity contribution is -0.114. The van der Waals surface area contributed by atoms with Crippen molar-refractivity contribution in [3.05, 3.63) is 24.3 Å². The molecule has 2 fully saturated rings. The van der Waals surface area contributed by atoms with Crippen LogP contribution in [-0.4, -0.2) is 37.6 Å². The molecule has 2 aliphatic rings. The molecule has 3 nitrogen and oxygen atoms in total. The highest BCUT2D eigenvalue weighted by Crippen LogP contribution is 2.31. The molecule has 2 aliphatic heterocycles. The second-order valence-corrected chi connectivity index (χ2v) is 5.38. The van der Waals surface area contributed by atoms with Gasteiger partial charge in [0, 0.05) is 12.8 Å². The first-order valence-corrected chi connectivity index (χ1v) is 7.45. The van der Waals surface area contributed by atoms with E-state index in [1.807, 2.05) is 0 Å². The Bertz CT molecular complexity index is 282. The summed E-state index contributed by atoms with van der Waals surface area (Å²) in [6.07, 6.45) is 12.8. The van der Waals surface area contributed by atoms with Crippen LogP contribution in [-0.2, 0) is 14.2 Å². The number of rotatable bonds is 8. The van der Waals surface area contributed by atoms with Gasteiger partial charge in [-0.2, -0.15) is 0 Å². The van der Waals surface area contributed by atoms with E-state index in [4.69, 9.17) is 14.2 Å². The van der Waals surface area contributed by atoms with Gasteiger partial charge >= 0.3 is 0 Å². The predicted molar refractivity (Wildman–Crippen MR) is 76.3 cm³/mol. The summed E-state index contributed by atoms with van der Waals surface area (Å²) in [4.78, 5) is 0. The zero-order valence-electron chi connectivity index (χ0n) is 12.2. The summed E-state index contributed by atoms with van der Waals surface area (Å²) in [6, 6.07) is 0. The van der Waals surface area contributed by atoms with Crippen molar-refractivity contribution in [3.8, 4) is 0 Å². The molecule has 2 heterocycles. The van der Waals surface area contributed by atoms with Crippen LogP contribution in [0.25, 0.3) is 0 Å². The molecule has 2 rings (SSSR count). The van der Waals surface area contributed by atoms with Gasteiger partial charge in [-0.25, -0.2) is 0 Å². The zero-order valence-corrected chi connectivity index (χ0v) is 12.2. The van der Waals surface area contributed by atoms with Crippen molar-refractivity contribution in [2.75, 3.05) is 26.4 Å². The highest BCUT2D eigenvalue weighted by atomic mass is 16.5. The summed E-state index contributed by atoms with van der Waals surface area (Å²) in [5.74, 6) is 0. The van der Waals surface area contributed by atoms with E-state index < -0.39 is 0 Å². The summed E-state index contributed by atoms with van der Waals surface area (Å²) in [5, 5.41) is 0. The quantitative estimate of drug-likeness (QED) is 0.498. The molecule has 2 unspecified atom stereocenters. The van der Waals surface area contributed by atoms with E-state index >= 15 is 0 Å². The van der Waals surface area contributed by atoms with Crippen LogP contribution in [0.15, 0.2) is 24.3 Å². The van der Waals surface area contributed by atoms with Crippen molar-refractivity contribution in [3.63, 3.8) is 0 Å². The van der Waals surface area contributed by atoms with Gasteiger partial charge in [0.25, 0.3) is 0 Å². The van der Waals surface area contributed by atoms with E-state index in [2.05, 4.69) is 38.2 Å². The molecule has 0 saturated carbocycles. The van der Waals surface area contributed by atoms with E-state index in [1.165, 1.54) is 0 Å². The Hall–Kier alpha value is -0.640. The Balaban J connectivity index is 1.59. The van der Waals surface area contributed by atoms with Gasteiger partial charge in [-0.05, 0) is 12.8 Å². The molecule has 0 aromatic carbocycles. The molecule has 0 aromatic heterocycles. The van der Waals surface area contributed by atoms with Crippen molar-refractivity contribution >= 4 is 0 Å². The highest BCUT2D eigenvalue weighted by molar-refractivity contribution is 5.07. The van der Waals surface area contributed by atoms with Crippen LogP contribution in [0.3, 0.4) is 0 Å². The van der Waals surface area contributed by atoms with Crippen LogP contribution in [0, 0.1) is 0 Å². The molecule has 0 aliphatic carbocycles. The van der Waals surface area contributed by atoms with Crippen LogP contribution in [0.1, 0.15) is 39.5 Å². The Morgan fingerprint density at radius 1 is 0.895 bits per heavy atom. The molecule has 19 heavy (non-hydrogen) atoms. The molecular weight excluding hydrogens is 240 g/mol. The topological polar surface area (TPSA) is 27.7 Å². The summed E-state index contributed by atoms with van der Waals surface area (Å²) in [6.45, 7) is 7.40. The van der Waals surface area contributed by atoms with Gasteiger partial charge in [0.05, 0.1) is 37.6 Å². The molecular formula is C16H26O3. The minimum atomic E-state index is 0.00520. The zero-order chi connectivity index (χ0) is 13.6. The van der Waals surface area contributed by atoms with Gasteiger partial charge < -0.3 is 14.2 Å². The second kappa shape index (κ2) is 6.69. The predicted octanol–water partition coefficient (Wildman–Crippen LogP) is 3.25. The van der Waals surface area contributed by atoms with Gasteiger partial charge in [0.2, 0.25) is 0 Å². The fourth-order valence-electron chi connectivity index (χ4n) is 2.51. The van der Waals surface area contributed by atoms with Gasteiger partial charge in [-0.15, -0.1) is 0 Å². The fraction of sp³-hybridized carbons (Fsp3) is 0.750. The molecule has 3 heteroatoms. The summed E-state index contributed by atoms with van der Waals surface area (Å²) in [7, 11) is 0. The molecule has 2 atom stereocenters. The smallest absolute Gasteiger partial charge is 0.0882 e. The Kier molecular flexibility index (Phi) is 5.20.